The van der Waals surface area contributed by atoms with Crippen molar-refractivity contribution >= 4 is 35.1 Å². The number of carbonyl (C=O) groups excluding carboxylic acids is 1. The number of H-pyrrole nitrogens is 1. The second kappa shape index (κ2) is 9.76. The van der Waals surface area contributed by atoms with Crippen LogP contribution in [0.4, 0.5) is 10.1 Å². The van der Waals surface area contributed by atoms with Crippen LogP contribution in [0.1, 0.15) is 16.8 Å². The molecule has 150 valence electrons. The predicted molar refractivity (Wildman–Crippen MR) is 116 cm³/mol. The van der Waals surface area contributed by atoms with Crippen LogP contribution in [0.2, 0.25) is 0 Å². The zero-order valence-corrected chi connectivity index (χ0v) is 17.6. The minimum Gasteiger partial charge on any atom is -0.326 e. The zero-order valence-electron chi connectivity index (χ0n) is 16.0. The minimum absolute atomic E-state index is 0.0550. The third-order valence-electron chi connectivity index (χ3n) is 4.18. The molecule has 0 fully saturated rings. The van der Waals surface area contributed by atoms with Gasteiger partial charge in [-0.05, 0) is 49.1 Å². The van der Waals surface area contributed by atoms with Gasteiger partial charge in [0.15, 0.2) is 5.16 Å². The number of halogens is 1. The molecule has 0 aliphatic rings. The summed E-state index contributed by atoms with van der Waals surface area (Å²) in [6, 6.07) is 13.7. The summed E-state index contributed by atoms with van der Waals surface area (Å²) in [6.45, 7) is 1.72. The highest BCUT2D eigenvalue weighted by atomic mass is 32.2. The van der Waals surface area contributed by atoms with E-state index in [0.717, 1.165) is 10.5 Å². The van der Waals surface area contributed by atoms with E-state index in [-0.39, 0.29) is 23.7 Å². The highest BCUT2D eigenvalue weighted by molar-refractivity contribution is 7.98. The Morgan fingerprint density at radius 1 is 1.21 bits per heavy atom. The molecule has 1 amide bonds. The van der Waals surface area contributed by atoms with E-state index in [4.69, 9.17) is 0 Å². The van der Waals surface area contributed by atoms with Gasteiger partial charge in [0.1, 0.15) is 5.82 Å². The summed E-state index contributed by atoms with van der Waals surface area (Å²) in [6.07, 6.45) is 1.91. The summed E-state index contributed by atoms with van der Waals surface area (Å²) in [5.41, 5.74) is 2.15. The number of amides is 1. The predicted octanol–water partition coefficient (Wildman–Crippen LogP) is 4.41. The van der Waals surface area contributed by atoms with E-state index in [9.17, 15) is 14.0 Å². The fraction of sp³-hybridized carbons (Fsp3) is 0.190. The number of benzene rings is 2. The monoisotopic (exact) mass is 429 g/mol. The molecule has 0 saturated heterocycles. The first-order valence-electron chi connectivity index (χ1n) is 8.85. The molecule has 0 unspecified atom stereocenters. The van der Waals surface area contributed by atoms with Gasteiger partial charge in [-0.1, -0.05) is 30.0 Å². The molecule has 0 aliphatic heterocycles. The summed E-state index contributed by atoms with van der Waals surface area (Å²) in [7, 11) is 0. The maximum absolute atomic E-state index is 13.0. The van der Waals surface area contributed by atoms with Crippen molar-refractivity contribution in [1.29, 1.82) is 0 Å². The number of carbonyl (C=O) groups is 1. The lowest BCUT2D eigenvalue weighted by Crippen LogP contribution is -2.23. The van der Waals surface area contributed by atoms with Gasteiger partial charge in [-0.25, -0.2) is 9.37 Å². The number of nitrogens with zero attached hydrogens (tertiary/aromatic N) is 1. The third-order valence-corrected chi connectivity index (χ3v) is 5.85. The van der Waals surface area contributed by atoms with Crippen LogP contribution in [0.5, 0.6) is 0 Å². The van der Waals surface area contributed by atoms with Crippen LogP contribution in [0.15, 0.2) is 63.4 Å². The summed E-state index contributed by atoms with van der Waals surface area (Å²) >= 11 is 2.94. The average molecular weight is 430 g/mol. The highest BCUT2D eigenvalue weighted by Gasteiger charge is 2.13. The second-order valence-corrected chi connectivity index (χ2v) is 8.15. The first kappa shape index (κ1) is 21.1. The van der Waals surface area contributed by atoms with Crippen LogP contribution in [-0.2, 0) is 17.0 Å². The molecule has 0 radical (unpaired) electrons. The number of aromatic nitrogens is 2. The zero-order chi connectivity index (χ0) is 20.8. The topological polar surface area (TPSA) is 74.8 Å². The van der Waals surface area contributed by atoms with Crippen molar-refractivity contribution < 1.29 is 9.18 Å². The normalized spacial score (nSPS) is 10.7. The molecular formula is C21H20FN3O2S2. The molecule has 2 aromatic carbocycles. The lowest BCUT2D eigenvalue weighted by atomic mass is 10.1. The molecule has 0 saturated carbocycles. The summed E-state index contributed by atoms with van der Waals surface area (Å²) in [5.74, 6) is -0.0110. The summed E-state index contributed by atoms with van der Waals surface area (Å²) in [4.78, 5) is 33.0. The lowest BCUT2D eigenvalue weighted by Gasteiger charge is -2.09. The number of nitrogens with one attached hydrogen (secondary N) is 2. The third kappa shape index (κ3) is 5.95. The largest absolute Gasteiger partial charge is 0.326 e. The number of hydrogen-bond acceptors (Lipinski definition) is 5. The number of rotatable bonds is 7. The van der Waals surface area contributed by atoms with E-state index in [1.165, 1.54) is 23.9 Å². The first-order valence-corrected chi connectivity index (χ1v) is 11.1. The van der Waals surface area contributed by atoms with E-state index in [1.807, 2.05) is 30.5 Å². The standard InChI is InChI=1S/C21H20FN3O2S2/c1-13-18(11-19(26)24-16-4-3-5-17(10-16)28-2)20(27)25-21(23-13)29-12-14-6-8-15(22)9-7-14/h3-10H,11-12H2,1-2H3,(H,24,26)(H,23,25,27). The molecule has 3 aromatic rings. The lowest BCUT2D eigenvalue weighted by molar-refractivity contribution is -0.115. The van der Waals surface area contributed by atoms with Crippen LogP contribution < -0.4 is 10.9 Å². The van der Waals surface area contributed by atoms with Crippen LogP contribution in [0, 0.1) is 12.7 Å². The summed E-state index contributed by atoms with van der Waals surface area (Å²) < 4.78 is 13.0. The van der Waals surface area contributed by atoms with E-state index < -0.39 is 0 Å². The van der Waals surface area contributed by atoms with E-state index in [2.05, 4.69) is 15.3 Å². The van der Waals surface area contributed by atoms with Crippen LogP contribution in [0.3, 0.4) is 0 Å². The molecule has 0 atom stereocenters. The molecule has 0 spiro atoms. The van der Waals surface area contributed by atoms with Crippen molar-refractivity contribution in [2.45, 2.75) is 29.1 Å². The Hall–Kier alpha value is -2.58. The van der Waals surface area contributed by atoms with Gasteiger partial charge >= 0.3 is 0 Å². The van der Waals surface area contributed by atoms with Gasteiger partial charge in [-0.3, -0.25) is 9.59 Å². The highest BCUT2D eigenvalue weighted by Crippen LogP contribution is 2.20. The van der Waals surface area contributed by atoms with Crippen LogP contribution >= 0.6 is 23.5 Å². The quantitative estimate of drug-likeness (QED) is 0.430. The molecule has 1 aromatic heterocycles. The van der Waals surface area contributed by atoms with E-state index in [0.29, 0.717) is 27.9 Å². The summed E-state index contributed by atoms with van der Waals surface area (Å²) in [5, 5.41) is 3.28. The Bertz CT molecular complexity index is 1070. The Balaban J connectivity index is 1.66. The Labute approximate surface area is 176 Å². The molecule has 1 heterocycles. The Morgan fingerprint density at radius 2 is 1.97 bits per heavy atom. The number of aryl methyl sites for hydroxylation is 1. The van der Waals surface area contributed by atoms with Crippen molar-refractivity contribution in [3.05, 3.63) is 81.5 Å². The maximum atomic E-state index is 13.0. The van der Waals surface area contributed by atoms with Gasteiger partial charge in [0.25, 0.3) is 5.56 Å². The molecule has 0 aliphatic carbocycles. The molecule has 29 heavy (non-hydrogen) atoms. The number of thioether (sulfide) groups is 2. The molecule has 8 heteroatoms. The SMILES string of the molecule is CSc1cccc(NC(=O)Cc2c(C)nc(SCc3ccc(F)cc3)[nH]c2=O)c1. The molecule has 0 bridgehead atoms. The van der Waals surface area contributed by atoms with Crippen molar-refractivity contribution in [2.24, 2.45) is 0 Å². The first-order chi connectivity index (χ1) is 13.9. The van der Waals surface area contributed by atoms with Gasteiger partial charge in [0.2, 0.25) is 5.91 Å². The average Bonchev–Trinajstić information content (AvgIpc) is 2.70. The van der Waals surface area contributed by atoms with Crippen LogP contribution in [-0.4, -0.2) is 22.1 Å². The Kier molecular flexibility index (Phi) is 7.11. The van der Waals surface area contributed by atoms with Crippen molar-refractivity contribution in [3.63, 3.8) is 0 Å². The molecular weight excluding hydrogens is 409 g/mol. The fourth-order valence-electron chi connectivity index (χ4n) is 2.66. The van der Waals surface area contributed by atoms with Gasteiger partial charge in [-0.15, -0.1) is 11.8 Å². The molecule has 5 nitrogen and oxygen atoms in total. The van der Waals surface area contributed by atoms with Gasteiger partial charge in [0.05, 0.1) is 6.42 Å². The van der Waals surface area contributed by atoms with Gasteiger partial charge in [-0.2, -0.15) is 0 Å². The smallest absolute Gasteiger partial charge is 0.255 e. The van der Waals surface area contributed by atoms with E-state index in [1.54, 1.807) is 30.8 Å². The minimum atomic E-state index is -0.327. The molecule has 3 rings (SSSR count). The number of anilines is 1. The number of aromatic amines is 1. The number of hydrogen-bond donors (Lipinski definition) is 2. The Morgan fingerprint density at radius 3 is 2.66 bits per heavy atom. The van der Waals surface area contributed by atoms with Gasteiger partial charge < -0.3 is 10.3 Å². The van der Waals surface area contributed by atoms with Crippen molar-refractivity contribution in [2.75, 3.05) is 11.6 Å². The maximum Gasteiger partial charge on any atom is 0.255 e. The van der Waals surface area contributed by atoms with Crippen LogP contribution in [0.25, 0.3) is 0 Å². The fourth-order valence-corrected chi connectivity index (χ4v) is 3.98. The van der Waals surface area contributed by atoms with E-state index >= 15 is 0 Å². The molecule has 2 N–H and O–H groups in total. The van der Waals surface area contributed by atoms with Gasteiger partial charge in [0, 0.05) is 27.6 Å². The second-order valence-electron chi connectivity index (χ2n) is 6.31. The van der Waals surface area contributed by atoms with Crippen molar-refractivity contribution in [1.82, 2.24) is 9.97 Å². The van der Waals surface area contributed by atoms with Crippen molar-refractivity contribution in [3.8, 4) is 0 Å².